The minimum absolute atomic E-state index is 0.000209. The van der Waals surface area contributed by atoms with E-state index in [1.807, 2.05) is 11.8 Å². The second-order valence-corrected chi connectivity index (χ2v) is 4.96. The van der Waals surface area contributed by atoms with Gasteiger partial charge in [0.2, 0.25) is 11.8 Å². The molecule has 0 aromatic heterocycles. The third-order valence-corrected chi connectivity index (χ3v) is 4.00. The molecule has 2 aliphatic heterocycles. The van der Waals surface area contributed by atoms with Gasteiger partial charge in [-0.2, -0.15) is 0 Å². The number of hydrogen-bond acceptors (Lipinski definition) is 2. The zero-order valence-electron chi connectivity index (χ0n) is 9.41. The molecule has 0 spiro atoms. The highest BCUT2D eigenvalue weighted by Crippen LogP contribution is 2.28. The molecule has 3 unspecified atom stereocenters. The van der Waals surface area contributed by atoms with Crippen LogP contribution in [0.15, 0.2) is 0 Å². The van der Waals surface area contributed by atoms with Gasteiger partial charge in [-0.15, -0.1) is 11.6 Å². The number of piperidine rings is 1. The lowest BCUT2D eigenvalue weighted by Crippen LogP contribution is -2.50. The number of nitrogens with one attached hydrogen (secondary N) is 1. The molecule has 0 bridgehead atoms. The fourth-order valence-corrected chi connectivity index (χ4v) is 2.71. The Morgan fingerprint density at radius 1 is 1.69 bits per heavy atom. The molecule has 5 heteroatoms. The smallest absolute Gasteiger partial charge is 0.226 e. The van der Waals surface area contributed by atoms with Gasteiger partial charge in [-0.3, -0.25) is 9.59 Å². The van der Waals surface area contributed by atoms with Crippen molar-refractivity contribution in [2.75, 3.05) is 19.0 Å². The summed E-state index contributed by atoms with van der Waals surface area (Å²) in [5, 5.41) is 2.84. The predicted octanol–water partition coefficient (Wildman–Crippen LogP) is 0.598. The van der Waals surface area contributed by atoms with Crippen molar-refractivity contribution >= 4 is 23.4 Å². The number of fused-ring (bicyclic) bond motifs is 1. The molecule has 0 aromatic carbocycles. The molecule has 2 rings (SSSR count). The molecule has 1 N–H and O–H groups in total. The fraction of sp³-hybridized carbons (Fsp3) is 0.818. The summed E-state index contributed by atoms with van der Waals surface area (Å²) in [4.78, 5) is 25.5. The van der Waals surface area contributed by atoms with E-state index in [-0.39, 0.29) is 29.7 Å². The first-order valence-electron chi connectivity index (χ1n) is 5.79. The molecule has 4 nitrogen and oxygen atoms in total. The van der Waals surface area contributed by atoms with Crippen LogP contribution < -0.4 is 5.32 Å². The summed E-state index contributed by atoms with van der Waals surface area (Å²) >= 11 is 5.71. The molecule has 0 aromatic rings. The number of nitrogens with zero attached hydrogens (tertiary/aromatic N) is 1. The highest BCUT2D eigenvalue weighted by atomic mass is 35.5. The van der Waals surface area contributed by atoms with Crippen molar-refractivity contribution in [3.63, 3.8) is 0 Å². The third kappa shape index (κ3) is 1.90. The lowest BCUT2D eigenvalue weighted by molar-refractivity contribution is -0.139. The van der Waals surface area contributed by atoms with Crippen LogP contribution in [0, 0.1) is 11.8 Å². The highest BCUT2D eigenvalue weighted by molar-refractivity contribution is 6.19. The maximum absolute atomic E-state index is 12.1. The van der Waals surface area contributed by atoms with Crippen LogP contribution in [0.5, 0.6) is 0 Å². The van der Waals surface area contributed by atoms with Gasteiger partial charge in [0.25, 0.3) is 0 Å². The highest BCUT2D eigenvalue weighted by Gasteiger charge is 2.43. The van der Waals surface area contributed by atoms with E-state index in [4.69, 9.17) is 11.6 Å². The first-order chi connectivity index (χ1) is 7.65. The first kappa shape index (κ1) is 11.7. The van der Waals surface area contributed by atoms with Gasteiger partial charge >= 0.3 is 0 Å². The second-order valence-electron chi connectivity index (χ2n) is 4.65. The van der Waals surface area contributed by atoms with Crippen LogP contribution in [0.1, 0.15) is 19.8 Å². The van der Waals surface area contributed by atoms with Crippen molar-refractivity contribution in [3.05, 3.63) is 0 Å². The van der Waals surface area contributed by atoms with Crippen LogP contribution in [-0.4, -0.2) is 41.7 Å². The molecule has 2 fully saturated rings. The SMILES string of the molecule is CC(CCl)C(=O)N1CCCC2C(=O)NCC21. The molecule has 2 heterocycles. The number of amides is 2. The number of alkyl halides is 1. The van der Waals surface area contributed by atoms with Gasteiger partial charge in [-0.05, 0) is 12.8 Å². The van der Waals surface area contributed by atoms with E-state index in [1.54, 1.807) is 0 Å². The monoisotopic (exact) mass is 244 g/mol. The number of hydrogen-bond donors (Lipinski definition) is 1. The van der Waals surface area contributed by atoms with Crippen molar-refractivity contribution in [1.29, 1.82) is 0 Å². The Balaban J connectivity index is 2.10. The Hall–Kier alpha value is -0.770. The number of carbonyl (C=O) groups excluding carboxylic acids is 2. The van der Waals surface area contributed by atoms with Gasteiger partial charge in [0.1, 0.15) is 0 Å². The van der Waals surface area contributed by atoms with Crippen LogP contribution >= 0.6 is 11.6 Å². The third-order valence-electron chi connectivity index (χ3n) is 3.54. The molecule has 2 aliphatic rings. The molecule has 0 aliphatic carbocycles. The fourth-order valence-electron chi connectivity index (χ4n) is 2.57. The summed E-state index contributed by atoms with van der Waals surface area (Å²) in [6.07, 6.45) is 1.81. The largest absolute Gasteiger partial charge is 0.354 e. The van der Waals surface area contributed by atoms with Crippen LogP contribution in [0.3, 0.4) is 0 Å². The van der Waals surface area contributed by atoms with E-state index in [0.717, 1.165) is 19.4 Å². The number of carbonyl (C=O) groups is 2. The van der Waals surface area contributed by atoms with Crippen molar-refractivity contribution in [3.8, 4) is 0 Å². The Labute approximate surface area is 100 Å². The van der Waals surface area contributed by atoms with E-state index in [9.17, 15) is 9.59 Å². The van der Waals surface area contributed by atoms with Gasteiger partial charge in [0.05, 0.1) is 12.0 Å². The van der Waals surface area contributed by atoms with E-state index >= 15 is 0 Å². The maximum atomic E-state index is 12.1. The molecule has 90 valence electrons. The quantitative estimate of drug-likeness (QED) is 0.724. The minimum atomic E-state index is -0.156. The molecule has 2 amide bonds. The molecule has 3 atom stereocenters. The predicted molar refractivity (Wildman–Crippen MR) is 61.1 cm³/mol. The maximum Gasteiger partial charge on any atom is 0.226 e. The molecular weight excluding hydrogens is 228 g/mol. The summed E-state index contributed by atoms with van der Waals surface area (Å²) in [6, 6.07) is 0.0550. The summed E-state index contributed by atoms with van der Waals surface area (Å²) in [5.74, 6) is 0.368. The van der Waals surface area contributed by atoms with Crippen LogP contribution in [-0.2, 0) is 9.59 Å². The average Bonchev–Trinajstić information content (AvgIpc) is 2.69. The minimum Gasteiger partial charge on any atom is -0.354 e. The Kier molecular flexibility index (Phi) is 3.38. The van der Waals surface area contributed by atoms with Crippen LogP contribution in [0.4, 0.5) is 0 Å². The molecule has 16 heavy (non-hydrogen) atoms. The summed E-state index contributed by atoms with van der Waals surface area (Å²) in [6.45, 7) is 3.20. The molecular formula is C11H17ClN2O2. The van der Waals surface area contributed by atoms with Gasteiger partial charge in [-0.1, -0.05) is 6.92 Å². The number of likely N-dealkylation sites (tertiary alicyclic amines) is 1. The molecule has 0 radical (unpaired) electrons. The van der Waals surface area contributed by atoms with Crippen LogP contribution in [0.25, 0.3) is 0 Å². The average molecular weight is 245 g/mol. The van der Waals surface area contributed by atoms with E-state index < -0.39 is 0 Å². The van der Waals surface area contributed by atoms with Crippen molar-refractivity contribution in [1.82, 2.24) is 10.2 Å². The summed E-state index contributed by atoms with van der Waals surface area (Å²) < 4.78 is 0. The van der Waals surface area contributed by atoms with Gasteiger partial charge in [0.15, 0.2) is 0 Å². The lowest BCUT2D eigenvalue weighted by atomic mass is 9.90. The first-order valence-corrected chi connectivity index (χ1v) is 6.32. The lowest BCUT2D eigenvalue weighted by Gasteiger charge is -2.37. The van der Waals surface area contributed by atoms with Crippen molar-refractivity contribution in [2.45, 2.75) is 25.8 Å². The topological polar surface area (TPSA) is 49.4 Å². The van der Waals surface area contributed by atoms with Gasteiger partial charge in [-0.25, -0.2) is 0 Å². The standard InChI is InChI=1S/C11H17ClN2O2/c1-7(5-12)11(16)14-4-2-3-8-9(14)6-13-10(8)15/h7-9H,2-6H2,1H3,(H,13,15). The zero-order chi connectivity index (χ0) is 11.7. The normalized spacial score (nSPS) is 30.9. The van der Waals surface area contributed by atoms with Crippen molar-refractivity contribution < 1.29 is 9.59 Å². The van der Waals surface area contributed by atoms with Gasteiger partial charge in [0, 0.05) is 24.9 Å². The van der Waals surface area contributed by atoms with Gasteiger partial charge < -0.3 is 10.2 Å². The number of rotatable bonds is 2. The Bertz CT molecular complexity index is 308. The van der Waals surface area contributed by atoms with E-state index in [1.165, 1.54) is 0 Å². The summed E-state index contributed by atoms with van der Waals surface area (Å²) in [5.41, 5.74) is 0. The molecule has 0 saturated carbocycles. The van der Waals surface area contributed by atoms with E-state index in [2.05, 4.69) is 5.32 Å². The van der Waals surface area contributed by atoms with E-state index in [0.29, 0.717) is 12.4 Å². The molecule has 2 saturated heterocycles. The Morgan fingerprint density at radius 2 is 2.44 bits per heavy atom. The van der Waals surface area contributed by atoms with Crippen molar-refractivity contribution in [2.24, 2.45) is 11.8 Å². The van der Waals surface area contributed by atoms with Crippen LogP contribution in [0.2, 0.25) is 0 Å². The summed E-state index contributed by atoms with van der Waals surface area (Å²) in [7, 11) is 0. The Morgan fingerprint density at radius 3 is 3.12 bits per heavy atom. The zero-order valence-corrected chi connectivity index (χ0v) is 10.2. The number of halogens is 1. The second kappa shape index (κ2) is 4.62.